The molecule has 0 radical (unpaired) electrons. The monoisotopic (exact) mass is 527 g/mol. The standard InChI is InChI=1S/C39H29NO/c1-39(2)32-21-13-12-20-30(32)37-33(39)25-35-38(36(37)26-14-6-3-7-15-26)31-23-22-29(24-34(31)41-35)40(27-16-8-4-9-17-27)28-18-10-5-11-19-28/h3-25H,1-2H3. The van der Waals surface area contributed by atoms with Crippen LogP contribution in [0.3, 0.4) is 0 Å². The van der Waals surface area contributed by atoms with Gasteiger partial charge in [0, 0.05) is 44.9 Å². The molecule has 2 heteroatoms. The molecule has 1 aliphatic rings. The molecule has 0 N–H and O–H groups in total. The fourth-order valence-electron chi connectivity index (χ4n) is 6.72. The average molecular weight is 528 g/mol. The lowest BCUT2D eigenvalue weighted by Crippen LogP contribution is -2.14. The van der Waals surface area contributed by atoms with Gasteiger partial charge in [-0.25, -0.2) is 0 Å². The van der Waals surface area contributed by atoms with Crippen LogP contribution in [0.15, 0.2) is 144 Å². The topological polar surface area (TPSA) is 16.4 Å². The summed E-state index contributed by atoms with van der Waals surface area (Å²) < 4.78 is 6.77. The molecular weight excluding hydrogens is 498 g/mol. The molecule has 2 nitrogen and oxygen atoms in total. The highest BCUT2D eigenvalue weighted by molar-refractivity contribution is 6.18. The molecule has 0 unspecified atom stereocenters. The van der Waals surface area contributed by atoms with Gasteiger partial charge in [0.1, 0.15) is 11.2 Å². The Bertz CT molecular complexity index is 2010. The Morgan fingerprint density at radius 1 is 0.512 bits per heavy atom. The van der Waals surface area contributed by atoms with Crippen LogP contribution in [0, 0.1) is 0 Å². The highest BCUT2D eigenvalue weighted by atomic mass is 16.3. The largest absolute Gasteiger partial charge is 0.456 e. The van der Waals surface area contributed by atoms with Crippen molar-refractivity contribution >= 4 is 39.0 Å². The number of fused-ring (bicyclic) bond motifs is 6. The number of rotatable bonds is 4. The lowest BCUT2D eigenvalue weighted by Gasteiger charge is -2.25. The van der Waals surface area contributed by atoms with Gasteiger partial charge in [-0.2, -0.15) is 0 Å². The van der Waals surface area contributed by atoms with Crippen molar-refractivity contribution in [2.75, 3.05) is 4.90 Å². The van der Waals surface area contributed by atoms with E-state index in [9.17, 15) is 0 Å². The molecule has 196 valence electrons. The summed E-state index contributed by atoms with van der Waals surface area (Å²) in [6, 6.07) is 49.6. The van der Waals surface area contributed by atoms with Crippen LogP contribution < -0.4 is 4.90 Å². The zero-order valence-corrected chi connectivity index (χ0v) is 23.1. The summed E-state index contributed by atoms with van der Waals surface area (Å²) in [6.07, 6.45) is 0. The van der Waals surface area contributed by atoms with Crippen LogP contribution in [0.25, 0.3) is 44.2 Å². The first kappa shape index (κ1) is 23.8. The fraction of sp³-hybridized carbons (Fsp3) is 0.0769. The molecule has 7 aromatic rings. The predicted molar refractivity (Wildman–Crippen MR) is 171 cm³/mol. The maximum absolute atomic E-state index is 6.77. The van der Waals surface area contributed by atoms with Crippen molar-refractivity contribution in [2.45, 2.75) is 19.3 Å². The van der Waals surface area contributed by atoms with Gasteiger partial charge in [-0.05, 0) is 70.3 Å². The normalized spacial score (nSPS) is 13.3. The van der Waals surface area contributed by atoms with E-state index in [2.05, 4.69) is 158 Å². The smallest absolute Gasteiger partial charge is 0.137 e. The average Bonchev–Trinajstić information content (AvgIpc) is 3.49. The number of hydrogen-bond acceptors (Lipinski definition) is 2. The van der Waals surface area contributed by atoms with Gasteiger partial charge >= 0.3 is 0 Å². The van der Waals surface area contributed by atoms with Crippen molar-refractivity contribution in [2.24, 2.45) is 0 Å². The van der Waals surface area contributed by atoms with E-state index in [0.717, 1.165) is 33.6 Å². The van der Waals surface area contributed by atoms with E-state index >= 15 is 0 Å². The summed E-state index contributed by atoms with van der Waals surface area (Å²) in [7, 11) is 0. The third-order valence-corrected chi connectivity index (χ3v) is 8.64. The number of hydrogen-bond donors (Lipinski definition) is 0. The molecule has 8 rings (SSSR count). The zero-order valence-electron chi connectivity index (χ0n) is 23.1. The Morgan fingerprint density at radius 2 is 1.12 bits per heavy atom. The van der Waals surface area contributed by atoms with E-state index < -0.39 is 0 Å². The van der Waals surface area contributed by atoms with E-state index in [1.54, 1.807) is 0 Å². The molecule has 0 amide bonds. The van der Waals surface area contributed by atoms with E-state index in [1.807, 2.05) is 0 Å². The number of para-hydroxylation sites is 2. The lowest BCUT2D eigenvalue weighted by atomic mass is 9.81. The van der Waals surface area contributed by atoms with Crippen LogP contribution in [0.5, 0.6) is 0 Å². The second-order valence-electron chi connectivity index (χ2n) is 11.4. The highest BCUT2D eigenvalue weighted by Gasteiger charge is 2.38. The van der Waals surface area contributed by atoms with Crippen molar-refractivity contribution in [3.63, 3.8) is 0 Å². The number of anilines is 3. The summed E-state index contributed by atoms with van der Waals surface area (Å²) in [6.45, 7) is 4.66. The summed E-state index contributed by atoms with van der Waals surface area (Å²) in [5, 5.41) is 2.31. The molecule has 0 fully saturated rings. The number of nitrogens with zero attached hydrogens (tertiary/aromatic N) is 1. The van der Waals surface area contributed by atoms with Crippen molar-refractivity contribution in [1.29, 1.82) is 0 Å². The van der Waals surface area contributed by atoms with Gasteiger partial charge < -0.3 is 9.32 Å². The summed E-state index contributed by atoms with van der Waals surface area (Å²) in [4.78, 5) is 2.28. The first-order valence-corrected chi connectivity index (χ1v) is 14.2. The second-order valence-corrected chi connectivity index (χ2v) is 11.4. The molecule has 41 heavy (non-hydrogen) atoms. The number of furan rings is 1. The lowest BCUT2D eigenvalue weighted by molar-refractivity contribution is 0.647. The Morgan fingerprint density at radius 3 is 1.80 bits per heavy atom. The molecule has 1 aromatic heterocycles. The summed E-state index contributed by atoms with van der Waals surface area (Å²) in [5.41, 5.74) is 12.8. The van der Waals surface area contributed by atoms with Crippen LogP contribution in [0.1, 0.15) is 25.0 Å². The van der Waals surface area contributed by atoms with E-state index in [4.69, 9.17) is 4.42 Å². The molecule has 6 aromatic carbocycles. The molecule has 0 saturated heterocycles. The molecule has 0 bridgehead atoms. The molecule has 0 aliphatic heterocycles. The summed E-state index contributed by atoms with van der Waals surface area (Å²) >= 11 is 0. The van der Waals surface area contributed by atoms with Gasteiger partial charge in [0.15, 0.2) is 0 Å². The van der Waals surface area contributed by atoms with Crippen molar-refractivity contribution in [3.8, 4) is 22.3 Å². The van der Waals surface area contributed by atoms with Gasteiger partial charge in [0.05, 0.1) is 0 Å². The van der Waals surface area contributed by atoms with Gasteiger partial charge in [-0.15, -0.1) is 0 Å². The van der Waals surface area contributed by atoms with Crippen LogP contribution in [-0.2, 0) is 5.41 Å². The quantitative estimate of drug-likeness (QED) is 0.226. The minimum Gasteiger partial charge on any atom is -0.456 e. The Hall–Kier alpha value is -5.08. The van der Waals surface area contributed by atoms with Gasteiger partial charge in [0.25, 0.3) is 0 Å². The summed E-state index contributed by atoms with van der Waals surface area (Å²) in [5.74, 6) is 0. The molecule has 1 heterocycles. The minimum atomic E-state index is -0.120. The molecule has 1 aliphatic carbocycles. The van der Waals surface area contributed by atoms with Crippen molar-refractivity contribution < 1.29 is 4.42 Å². The highest BCUT2D eigenvalue weighted by Crippen LogP contribution is 2.55. The Kier molecular flexibility index (Phi) is 5.20. The SMILES string of the molecule is CC1(C)c2ccccc2-c2c1cc1oc3cc(N(c4ccccc4)c4ccccc4)ccc3c1c2-c1ccccc1. The third-order valence-electron chi connectivity index (χ3n) is 8.64. The zero-order chi connectivity index (χ0) is 27.6. The maximum atomic E-state index is 6.77. The minimum absolute atomic E-state index is 0.120. The molecular formula is C39H29NO. The van der Waals surface area contributed by atoms with E-state index in [1.165, 1.54) is 38.8 Å². The maximum Gasteiger partial charge on any atom is 0.137 e. The second kappa shape index (κ2) is 8.97. The molecule has 0 atom stereocenters. The van der Waals surface area contributed by atoms with Crippen molar-refractivity contribution in [1.82, 2.24) is 0 Å². The number of benzene rings is 6. The fourth-order valence-corrected chi connectivity index (χ4v) is 6.72. The van der Waals surface area contributed by atoms with Gasteiger partial charge in [0.2, 0.25) is 0 Å². The van der Waals surface area contributed by atoms with Gasteiger partial charge in [-0.1, -0.05) is 105 Å². The molecule has 0 saturated carbocycles. The molecule has 0 spiro atoms. The third kappa shape index (κ3) is 3.57. The van der Waals surface area contributed by atoms with Crippen LogP contribution in [0.4, 0.5) is 17.1 Å². The Labute approximate surface area is 240 Å². The van der Waals surface area contributed by atoms with E-state index in [0.29, 0.717) is 0 Å². The van der Waals surface area contributed by atoms with Crippen LogP contribution >= 0.6 is 0 Å². The van der Waals surface area contributed by atoms with E-state index in [-0.39, 0.29) is 5.41 Å². The van der Waals surface area contributed by atoms with Crippen LogP contribution in [-0.4, -0.2) is 0 Å². The van der Waals surface area contributed by atoms with Gasteiger partial charge in [-0.3, -0.25) is 0 Å². The first-order valence-electron chi connectivity index (χ1n) is 14.2. The Balaban J connectivity index is 1.42. The first-order chi connectivity index (χ1) is 20.1. The van der Waals surface area contributed by atoms with Crippen LogP contribution in [0.2, 0.25) is 0 Å². The van der Waals surface area contributed by atoms with Crippen molar-refractivity contribution in [3.05, 3.63) is 151 Å². The predicted octanol–water partition coefficient (Wildman–Crippen LogP) is 11.0.